The van der Waals surface area contributed by atoms with Gasteiger partial charge in [0.1, 0.15) is 18.3 Å². The predicted molar refractivity (Wildman–Crippen MR) is 98.1 cm³/mol. The molecule has 0 aliphatic rings. The molecule has 1 heterocycles. The van der Waals surface area contributed by atoms with Gasteiger partial charge in [-0.1, -0.05) is 0 Å². The van der Waals surface area contributed by atoms with E-state index in [-0.39, 0.29) is 11.6 Å². The maximum absolute atomic E-state index is 14.3. The molecule has 0 aliphatic heterocycles. The third kappa shape index (κ3) is 4.22. The van der Waals surface area contributed by atoms with Gasteiger partial charge in [-0.2, -0.15) is 5.10 Å². The number of amides is 1. The van der Waals surface area contributed by atoms with Crippen LogP contribution in [-0.4, -0.2) is 33.9 Å². The third-order valence-corrected chi connectivity index (χ3v) is 3.68. The number of anilines is 1. The summed E-state index contributed by atoms with van der Waals surface area (Å²) in [6, 6.07) is 9.25. The topological polar surface area (TPSA) is 78.3 Å². The first-order valence-electron chi connectivity index (χ1n) is 8.48. The van der Waals surface area contributed by atoms with Crippen LogP contribution >= 0.6 is 0 Å². The molecule has 0 saturated carbocycles. The van der Waals surface area contributed by atoms with Crippen molar-refractivity contribution in [2.24, 2.45) is 0 Å². The number of hydrogen-bond acceptors (Lipinski definition) is 5. The second-order valence-electron chi connectivity index (χ2n) is 5.49. The Balaban J connectivity index is 1.79. The molecule has 0 aliphatic carbocycles. The van der Waals surface area contributed by atoms with Gasteiger partial charge in [0.05, 0.1) is 13.2 Å². The average Bonchev–Trinajstić information content (AvgIpc) is 3.18. The van der Waals surface area contributed by atoms with Gasteiger partial charge in [-0.3, -0.25) is 4.79 Å². The van der Waals surface area contributed by atoms with E-state index >= 15 is 0 Å². The molecule has 1 N–H and O–H groups in total. The first-order valence-corrected chi connectivity index (χ1v) is 8.48. The van der Waals surface area contributed by atoms with Gasteiger partial charge >= 0.3 is 0 Å². The smallest absolute Gasteiger partial charge is 0.255 e. The highest BCUT2D eigenvalue weighted by Gasteiger charge is 2.13. The summed E-state index contributed by atoms with van der Waals surface area (Å²) in [6.45, 7) is 4.65. The number of nitrogens with zero attached hydrogens (tertiary/aromatic N) is 3. The van der Waals surface area contributed by atoms with Crippen LogP contribution in [0.4, 0.5) is 10.1 Å². The van der Waals surface area contributed by atoms with Crippen LogP contribution < -0.4 is 14.8 Å². The zero-order valence-corrected chi connectivity index (χ0v) is 15.0. The number of ether oxygens (including phenoxy) is 2. The van der Waals surface area contributed by atoms with E-state index in [1.54, 1.807) is 24.3 Å². The molecule has 3 aromatic rings. The minimum atomic E-state index is -0.528. The number of carbonyl (C=O) groups excluding carboxylic acids is 1. The number of aromatic nitrogens is 3. The van der Waals surface area contributed by atoms with Crippen molar-refractivity contribution in [2.45, 2.75) is 13.8 Å². The van der Waals surface area contributed by atoms with E-state index in [2.05, 4.69) is 15.4 Å². The molecule has 0 radical (unpaired) electrons. The minimum Gasteiger partial charge on any atom is -0.490 e. The molecule has 3 rings (SSSR count). The Morgan fingerprint density at radius 2 is 1.89 bits per heavy atom. The van der Waals surface area contributed by atoms with E-state index in [0.29, 0.717) is 36.0 Å². The second-order valence-corrected chi connectivity index (χ2v) is 5.49. The minimum absolute atomic E-state index is 0.241. The number of hydrogen-bond donors (Lipinski definition) is 1. The van der Waals surface area contributed by atoms with Crippen molar-refractivity contribution >= 4 is 11.6 Å². The first kappa shape index (κ1) is 18.4. The number of halogens is 1. The van der Waals surface area contributed by atoms with Crippen LogP contribution in [0.15, 0.2) is 49.1 Å². The highest BCUT2D eigenvalue weighted by atomic mass is 19.1. The number of nitrogens with one attached hydrogen (secondary N) is 1. The van der Waals surface area contributed by atoms with E-state index < -0.39 is 5.82 Å². The lowest BCUT2D eigenvalue weighted by Gasteiger charge is -2.13. The molecule has 7 nitrogen and oxygen atoms in total. The Kier molecular flexibility index (Phi) is 5.65. The Bertz CT molecular complexity index is 929. The lowest BCUT2D eigenvalue weighted by atomic mass is 10.1. The maximum atomic E-state index is 14.3. The van der Waals surface area contributed by atoms with Crippen molar-refractivity contribution in [3.05, 3.63) is 60.4 Å². The summed E-state index contributed by atoms with van der Waals surface area (Å²) in [5.41, 5.74) is 0.945. The SMILES string of the molecule is CCOc1ccc(C(=O)Nc2ccc(-n3cncn3)c(F)c2)cc1OCC. The van der Waals surface area contributed by atoms with Crippen LogP contribution in [0.1, 0.15) is 24.2 Å². The highest BCUT2D eigenvalue weighted by molar-refractivity contribution is 6.04. The van der Waals surface area contributed by atoms with Crippen LogP contribution in [0.3, 0.4) is 0 Å². The fourth-order valence-electron chi connectivity index (χ4n) is 2.50. The van der Waals surface area contributed by atoms with Crippen LogP contribution in [0.2, 0.25) is 0 Å². The maximum Gasteiger partial charge on any atom is 0.255 e. The zero-order chi connectivity index (χ0) is 19.2. The number of carbonyl (C=O) groups is 1. The summed E-state index contributed by atoms with van der Waals surface area (Å²) in [6.07, 6.45) is 2.71. The lowest BCUT2D eigenvalue weighted by Crippen LogP contribution is -2.13. The van der Waals surface area contributed by atoms with E-state index in [1.807, 2.05) is 13.8 Å². The monoisotopic (exact) mass is 370 g/mol. The van der Waals surface area contributed by atoms with E-state index in [0.717, 1.165) is 0 Å². The molecular weight excluding hydrogens is 351 g/mol. The molecule has 27 heavy (non-hydrogen) atoms. The summed E-state index contributed by atoms with van der Waals surface area (Å²) in [5.74, 6) is 0.144. The van der Waals surface area contributed by atoms with E-state index in [1.165, 1.54) is 29.5 Å². The van der Waals surface area contributed by atoms with Crippen LogP contribution in [0.25, 0.3) is 5.69 Å². The molecule has 0 spiro atoms. The zero-order valence-electron chi connectivity index (χ0n) is 15.0. The van der Waals surface area contributed by atoms with Crippen LogP contribution in [-0.2, 0) is 0 Å². The Morgan fingerprint density at radius 3 is 2.56 bits per heavy atom. The van der Waals surface area contributed by atoms with Gasteiger partial charge in [0.2, 0.25) is 0 Å². The van der Waals surface area contributed by atoms with Crippen LogP contribution in [0, 0.1) is 5.82 Å². The summed E-state index contributed by atoms with van der Waals surface area (Å²) >= 11 is 0. The molecule has 2 aromatic carbocycles. The normalized spacial score (nSPS) is 10.5. The quantitative estimate of drug-likeness (QED) is 0.689. The predicted octanol–water partition coefficient (Wildman–Crippen LogP) is 3.46. The van der Waals surface area contributed by atoms with Crippen molar-refractivity contribution in [1.29, 1.82) is 0 Å². The highest BCUT2D eigenvalue weighted by Crippen LogP contribution is 2.29. The number of benzene rings is 2. The van der Waals surface area contributed by atoms with Crippen molar-refractivity contribution in [3.63, 3.8) is 0 Å². The fourth-order valence-corrected chi connectivity index (χ4v) is 2.50. The Hall–Kier alpha value is -3.42. The van der Waals surface area contributed by atoms with Gasteiger partial charge in [-0.15, -0.1) is 0 Å². The van der Waals surface area contributed by atoms with Gasteiger partial charge < -0.3 is 14.8 Å². The van der Waals surface area contributed by atoms with Gasteiger partial charge in [-0.05, 0) is 50.2 Å². The molecule has 140 valence electrons. The average molecular weight is 370 g/mol. The van der Waals surface area contributed by atoms with Crippen LogP contribution in [0.5, 0.6) is 11.5 Å². The molecule has 1 aromatic heterocycles. The largest absolute Gasteiger partial charge is 0.490 e. The summed E-state index contributed by atoms with van der Waals surface area (Å²) < 4.78 is 26.6. The third-order valence-electron chi connectivity index (χ3n) is 3.68. The molecule has 0 saturated heterocycles. The summed E-state index contributed by atoms with van der Waals surface area (Å²) in [7, 11) is 0. The number of rotatable bonds is 7. The Labute approximate surface area is 155 Å². The molecule has 8 heteroatoms. The van der Waals surface area contributed by atoms with Gasteiger partial charge in [0.15, 0.2) is 17.3 Å². The second kappa shape index (κ2) is 8.31. The summed E-state index contributed by atoms with van der Waals surface area (Å²) in [4.78, 5) is 16.3. The molecule has 0 bridgehead atoms. The molecule has 0 fully saturated rings. The molecular formula is C19H19FN4O3. The summed E-state index contributed by atoms with van der Waals surface area (Å²) in [5, 5.41) is 6.56. The first-order chi connectivity index (χ1) is 13.1. The van der Waals surface area contributed by atoms with Crippen molar-refractivity contribution < 1.29 is 18.7 Å². The van der Waals surface area contributed by atoms with E-state index in [9.17, 15) is 9.18 Å². The molecule has 1 amide bonds. The van der Waals surface area contributed by atoms with Gasteiger partial charge in [0, 0.05) is 11.3 Å². The van der Waals surface area contributed by atoms with Gasteiger partial charge in [0.25, 0.3) is 5.91 Å². The van der Waals surface area contributed by atoms with Crippen molar-refractivity contribution in [1.82, 2.24) is 14.8 Å². The Morgan fingerprint density at radius 1 is 1.11 bits per heavy atom. The fraction of sp³-hybridized carbons (Fsp3) is 0.211. The molecule has 0 atom stereocenters. The van der Waals surface area contributed by atoms with Crippen molar-refractivity contribution in [3.8, 4) is 17.2 Å². The standard InChI is InChI=1S/C19H19FN4O3/c1-3-26-17-8-5-13(9-18(17)27-4-2)19(25)23-14-6-7-16(15(20)10-14)24-12-21-11-22-24/h5-12H,3-4H2,1-2H3,(H,23,25). The van der Waals surface area contributed by atoms with E-state index in [4.69, 9.17) is 9.47 Å². The molecule has 0 unspecified atom stereocenters. The lowest BCUT2D eigenvalue weighted by molar-refractivity contribution is 0.102. The van der Waals surface area contributed by atoms with Gasteiger partial charge in [-0.25, -0.2) is 14.1 Å². The van der Waals surface area contributed by atoms with Crippen molar-refractivity contribution in [2.75, 3.05) is 18.5 Å².